The van der Waals surface area contributed by atoms with E-state index in [1.165, 1.54) is 4.90 Å². The standard InChI is InChI=1S/C14H15NO3/c1-4-18-13(16)9-8-11-6-5-7-12(10-11)14(17)15(2)3/h5-7,10H,4H2,1-3H3. The maximum absolute atomic E-state index is 11.7. The van der Waals surface area contributed by atoms with Gasteiger partial charge in [-0.25, -0.2) is 4.79 Å². The van der Waals surface area contributed by atoms with Crippen LogP contribution in [0.4, 0.5) is 0 Å². The molecule has 0 aliphatic rings. The molecule has 1 amide bonds. The van der Waals surface area contributed by atoms with Gasteiger partial charge in [0.2, 0.25) is 0 Å². The lowest BCUT2D eigenvalue weighted by Crippen LogP contribution is -2.21. The average molecular weight is 245 g/mol. The summed E-state index contributed by atoms with van der Waals surface area (Å²) in [6, 6.07) is 6.82. The fourth-order valence-corrected chi connectivity index (χ4v) is 1.28. The van der Waals surface area contributed by atoms with E-state index < -0.39 is 5.97 Å². The zero-order chi connectivity index (χ0) is 13.5. The van der Waals surface area contributed by atoms with Crippen molar-refractivity contribution in [2.24, 2.45) is 0 Å². The maximum Gasteiger partial charge on any atom is 0.384 e. The minimum absolute atomic E-state index is 0.102. The molecule has 0 atom stereocenters. The molecule has 0 aliphatic carbocycles. The molecule has 4 nitrogen and oxygen atoms in total. The van der Waals surface area contributed by atoms with Gasteiger partial charge in [0, 0.05) is 31.1 Å². The second-order valence-corrected chi connectivity index (χ2v) is 3.75. The highest BCUT2D eigenvalue weighted by Crippen LogP contribution is 2.06. The van der Waals surface area contributed by atoms with Gasteiger partial charge in [-0.1, -0.05) is 12.0 Å². The van der Waals surface area contributed by atoms with Crippen molar-refractivity contribution in [1.82, 2.24) is 4.90 Å². The monoisotopic (exact) mass is 245 g/mol. The molecule has 0 saturated heterocycles. The second-order valence-electron chi connectivity index (χ2n) is 3.75. The van der Waals surface area contributed by atoms with Crippen LogP contribution in [0.2, 0.25) is 0 Å². The van der Waals surface area contributed by atoms with E-state index in [-0.39, 0.29) is 5.91 Å². The van der Waals surface area contributed by atoms with Crippen LogP contribution in [-0.2, 0) is 9.53 Å². The Morgan fingerprint density at radius 1 is 1.33 bits per heavy atom. The first kappa shape index (κ1) is 13.8. The van der Waals surface area contributed by atoms with Crippen LogP contribution < -0.4 is 0 Å². The molecule has 18 heavy (non-hydrogen) atoms. The Hall–Kier alpha value is -2.28. The third kappa shape index (κ3) is 3.95. The van der Waals surface area contributed by atoms with E-state index in [2.05, 4.69) is 11.8 Å². The van der Waals surface area contributed by atoms with Gasteiger partial charge < -0.3 is 9.64 Å². The first-order valence-corrected chi connectivity index (χ1v) is 5.55. The molecule has 1 aromatic carbocycles. The molecule has 0 spiro atoms. The summed E-state index contributed by atoms with van der Waals surface area (Å²) in [5.74, 6) is 4.36. The Morgan fingerprint density at radius 3 is 2.67 bits per heavy atom. The fourth-order valence-electron chi connectivity index (χ4n) is 1.28. The topological polar surface area (TPSA) is 46.6 Å². The number of carbonyl (C=O) groups is 2. The number of esters is 1. The van der Waals surface area contributed by atoms with Crippen LogP contribution in [-0.4, -0.2) is 37.5 Å². The number of carbonyl (C=O) groups excluding carboxylic acids is 2. The van der Waals surface area contributed by atoms with Gasteiger partial charge in [0.15, 0.2) is 0 Å². The summed E-state index contributed by atoms with van der Waals surface area (Å²) in [5, 5.41) is 0. The van der Waals surface area contributed by atoms with Crippen LogP contribution in [0.5, 0.6) is 0 Å². The van der Waals surface area contributed by atoms with Crippen molar-refractivity contribution in [3.05, 3.63) is 35.4 Å². The molecule has 0 N–H and O–H groups in total. The van der Waals surface area contributed by atoms with Crippen LogP contribution in [0.3, 0.4) is 0 Å². The second kappa shape index (κ2) is 6.45. The molecule has 0 aromatic heterocycles. The van der Waals surface area contributed by atoms with Crippen molar-refractivity contribution in [3.8, 4) is 11.8 Å². The molecular weight excluding hydrogens is 230 g/mol. The number of hydrogen-bond donors (Lipinski definition) is 0. The van der Waals surface area contributed by atoms with E-state index in [1.807, 2.05) is 0 Å². The quantitative estimate of drug-likeness (QED) is 0.583. The van der Waals surface area contributed by atoms with Crippen LogP contribution in [0, 0.1) is 11.8 Å². The van der Waals surface area contributed by atoms with Gasteiger partial charge in [0.05, 0.1) is 6.61 Å². The summed E-state index contributed by atoms with van der Waals surface area (Å²) in [6.07, 6.45) is 0. The minimum atomic E-state index is -0.568. The van der Waals surface area contributed by atoms with Crippen LogP contribution >= 0.6 is 0 Å². The predicted octanol–water partition coefficient (Wildman–Crippen LogP) is 1.30. The minimum Gasteiger partial charge on any atom is -0.456 e. The molecule has 1 rings (SSSR count). The predicted molar refractivity (Wildman–Crippen MR) is 68.0 cm³/mol. The summed E-state index contributed by atoms with van der Waals surface area (Å²) in [6.45, 7) is 2.02. The Balaban J connectivity index is 2.89. The smallest absolute Gasteiger partial charge is 0.384 e. The zero-order valence-corrected chi connectivity index (χ0v) is 10.7. The van der Waals surface area contributed by atoms with Crippen molar-refractivity contribution in [1.29, 1.82) is 0 Å². The number of hydrogen-bond acceptors (Lipinski definition) is 3. The van der Waals surface area contributed by atoms with Crippen molar-refractivity contribution in [3.63, 3.8) is 0 Å². The molecule has 1 aromatic rings. The van der Waals surface area contributed by atoms with E-state index in [4.69, 9.17) is 4.74 Å². The van der Waals surface area contributed by atoms with E-state index in [0.29, 0.717) is 17.7 Å². The van der Waals surface area contributed by atoms with E-state index in [0.717, 1.165) is 0 Å². The summed E-state index contributed by atoms with van der Waals surface area (Å²) in [4.78, 5) is 24.3. The Kier molecular flexibility index (Phi) is 4.94. The summed E-state index contributed by atoms with van der Waals surface area (Å²) < 4.78 is 4.69. The van der Waals surface area contributed by atoms with Gasteiger partial charge in [-0.3, -0.25) is 4.79 Å². The number of benzene rings is 1. The molecule has 0 radical (unpaired) electrons. The van der Waals surface area contributed by atoms with Gasteiger partial charge in [0.1, 0.15) is 0 Å². The van der Waals surface area contributed by atoms with E-state index in [1.54, 1.807) is 45.3 Å². The first-order chi connectivity index (χ1) is 8.54. The third-order valence-corrected chi connectivity index (χ3v) is 2.10. The van der Waals surface area contributed by atoms with Gasteiger partial charge in [-0.15, -0.1) is 0 Å². The summed E-state index contributed by atoms with van der Waals surface area (Å²) >= 11 is 0. The molecular formula is C14H15NO3. The molecule has 94 valence electrons. The van der Waals surface area contributed by atoms with Crippen molar-refractivity contribution >= 4 is 11.9 Å². The Labute approximate surface area is 107 Å². The number of rotatable bonds is 2. The van der Waals surface area contributed by atoms with Crippen molar-refractivity contribution in [2.75, 3.05) is 20.7 Å². The first-order valence-electron chi connectivity index (χ1n) is 5.55. The molecule has 4 heteroatoms. The highest BCUT2D eigenvalue weighted by atomic mass is 16.5. The summed E-state index contributed by atoms with van der Waals surface area (Å²) in [5.41, 5.74) is 1.14. The Morgan fingerprint density at radius 2 is 2.06 bits per heavy atom. The zero-order valence-electron chi connectivity index (χ0n) is 10.7. The van der Waals surface area contributed by atoms with Gasteiger partial charge in [-0.2, -0.15) is 0 Å². The SMILES string of the molecule is CCOC(=O)C#Cc1cccc(C(=O)N(C)C)c1. The molecule has 0 fully saturated rings. The molecule has 0 heterocycles. The lowest BCUT2D eigenvalue weighted by molar-refractivity contribution is -0.136. The molecule has 0 bridgehead atoms. The largest absolute Gasteiger partial charge is 0.456 e. The third-order valence-electron chi connectivity index (χ3n) is 2.10. The van der Waals surface area contributed by atoms with Crippen LogP contribution in [0.25, 0.3) is 0 Å². The van der Waals surface area contributed by atoms with E-state index in [9.17, 15) is 9.59 Å². The summed E-state index contributed by atoms with van der Waals surface area (Å²) in [7, 11) is 3.36. The highest BCUT2D eigenvalue weighted by molar-refractivity contribution is 5.94. The van der Waals surface area contributed by atoms with Crippen molar-refractivity contribution < 1.29 is 14.3 Å². The van der Waals surface area contributed by atoms with Gasteiger partial charge in [0.25, 0.3) is 5.91 Å². The number of amides is 1. The van der Waals surface area contributed by atoms with Gasteiger partial charge in [-0.05, 0) is 25.1 Å². The molecule has 0 unspecified atom stereocenters. The Bertz CT molecular complexity index is 509. The lowest BCUT2D eigenvalue weighted by Gasteiger charge is -2.09. The van der Waals surface area contributed by atoms with Crippen LogP contribution in [0.15, 0.2) is 24.3 Å². The fraction of sp³-hybridized carbons (Fsp3) is 0.286. The highest BCUT2D eigenvalue weighted by Gasteiger charge is 2.07. The number of nitrogens with zero attached hydrogens (tertiary/aromatic N) is 1. The lowest BCUT2D eigenvalue weighted by atomic mass is 10.1. The number of ether oxygens (including phenoxy) is 1. The average Bonchev–Trinajstić information content (AvgIpc) is 2.36. The maximum atomic E-state index is 11.7. The molecule has 0 aliphatic heterocycles. The van der Waals surface area contributed by atoms with Crippen LogP contribution in [0.1, 0.15) is 22.8 Å². The van der Waals surface area contributed by atoms with E-state index >= 15 is 0 Å². The molecule has 0 saturated carbocycles. The normalized spacial score (nSPS) is 9.06. The van der Waals surface area contributed by atoms with Gasteiger partial charge >= 0.3 is 5.97 Å². The van der Waals surface area contributed by atoms with Crippen molar-refractivity contribution in [2.45, 2.75) is 6.92 Å².